The molecule has 0 N–H and O–H groups in total. The lowest BCUT2D eigenvalue weighted by atomic mass is 9.99. The molecule has 0 spiro atoms. The van der Waals surface area contributed by atoms with Gasteiger partial charge in [0.25, 0.3) is 0 Å². The van der Waals surface area contributed by atoms with Gasteiger partial charge in [-0.1, -0.05) is 67.6 Å². The molecule has 2 aromatic carbocycles. The molecule has 0 bridgehead atoms. The van der Waals surface area contributed by atoms with Gasteiger partial charge in [0, 0.05) is 0 Å². The smallest absolute Gasteiger partial charge is 0.151 e. The lowest BCUT2D eigenvalue weighted by Gasteiger charge is -2.17. The Morgan fingerprint density at radius 3 is 1.86 bits per heavy atom. The second-order valence-electron chi connectivity index (χ2n) is 4.84. The molecule has 0 aliphatic rings. The average Bonchev–Trinajstić information content (AvgIpc) is 2.90. The van der Waals surface area contributed by atoms with Crippen LogP contribution in [-0.2, 0) is 6.42 Å². The molecule has 0 saturated carbocycles. The topological polar surface area (TPSA) is 30.7 Å². The fraction of sp³-hybridized carbons (Fsp3) is 0.176. The highest BCUT2D eigenvalue weighted by Gasteiger charge is 2.19. The highest BCUT2D eigenvalue weighted by molar-refractivity contribution is 9.10. The van der Waals surface area contributed by atoms with Crippen molar-refractivity contribution in [3.8, 4) is 0 Å². The van der Waals surface area contributed by atoms with Crippen molar-refractivity contribution >= 4 is 15.9 Å². The van der Waals surface area contributed by atoms with E-state index in [1.807, 2.05) is 36.4 Å². The van der Waals surface area contributed by atoms with Crippen LogP contribution in [0.2, 0.25) is 0 Å². The van der Waals surface area contributed by atoms with Gasteiger partial charge in [0.2, 0.25) is 0 Å². The van der Waals surface area contributed by atoms with Gasteiger partial charge in [-0.05, 0) is 33.5 Å². The number of aryl methyl sites for hydroxylation is 1. The number of halogens is 1. The van der Waals surface area contributed by atoms with E-state index in [9.17, 15) is 0 Å². The van der Waals surface area contributed by atoms with Crippen molar-refractivity contribution in [3.63, 3.8) is 0 Å². The van der Waals surface area contributed by atoms with Gasteiger partial charge in [-0.15, -0.1) is 5.10 Å². The summed E-state index contributed by atoms with van der Waals surface area (Å²) in [5, 5.41) is 9.20. The first-order chi connectivity index (χ1) is 10.3. The Hall–Kier alpha value is -1.94. The summed E-state index contributed by atoms with van der Waals surface area (Å²) >= 11 is 3.50. The highest BCUT2D eigenvalue weighted by atomic mass is 79.9. The molecule has 0 saturated heterocycles. The number of aromatic nitrogens is 3. The van der Waals surface area contributed by atoms with Gasteiger partial charge >= 0.3 is 0 Å². The second kappa shape index (κ2) is 6.22. The molecular formula is C17H16BrN3. The predicted molar refractivity (Wildman–Crippen MR) is 87.2 cm³/mol. The minimum absolute atomic E-state index is 0.0102. The first kappa shape index (κ1) is 14.0. The summed E-state index contributed by atoms with van der Waals surface area (Å²) in [5.74, 6) is 0. The van der Waals surface area contributed by atoms with Crippen LogP contribution in [0.1, 0.15) is 29.8 Å². The fourth-order valence-corrected chi connectivity index (χ4v) is 2.92. The number of nitrogens with zero attached hydrogens (tertiary/aromatic N) is 3. The Bertz CT molecular complexity index is 668. The van der Waals surface area contributed by atoms with Crippen LogP contribution in [0.15, 0.2) is 65.3 Å². The second-order valence-corrected chi connectivity index (χ2v) is 5.59. The van der Waals surface area contributed by atoms with Gasteiger partial charge < -0.3 is 0 Å². The molecule has 0 fully saturated rings. The maximum Gasteiger partial charge on any atom is 0.151 e. The lowest BCUT2D eigenvalue weighted by Crippen LogP contribution is -2.15. The van der Waals surface area contributed by atoms with Crippen molar-refractivity contribution in [2.24, 2.45) is 0 Å². The summed E-state index contributed by atoms with van der Waals surface area (Å²) < 4.78 is 0.821. The lowest BCUT2D eigenvalue weighted by molar-refractivity contribution is 0.513. The third kappa shape index (κ3) is 2.90. The van der Waals surface area contributed by atoms with E-state index in [2.05, 4.69) is 57.3 Å². The zero-order chi connectivity index (χ0) is 14.7. The van der Waals surface area contributed by atoms with Crippen molar-refractivity contribution in [2.45, 2.75) is 19.4 Å². The minimum Gasteiger partial charge on any atom is -0.171 e. The first-order valence-electron chi connectivity index (χ1n) is 7.00. The monoisotopic (exact) mass is 341 g/mol. The van der Waals surface area contributed by atoms with Crippen LogP contribution >= 0.6 is 15.9 Å². The summed E-state index contributed by atoms with van der Waals surface area (Å²) in [5.41, 5.74) is 3.33. The molecule has 1 heterocycles. The predicted octanol–water partition coefficient (Wildman–Crippen LogP) is 4.24. The number of hydrogen-bond acceptors (Lipinski definition) is 2. The van der Waals surface area contributed by atoms with E-state index in [4.69, 9.17) is 0 Å². The van der Waals surface area contributed by atoms with Gasteiger partial charge in [0.05, 0.1) is 5.69 Å². The minimum atomic E-state index is -0.0102. The zero-order valence-corrected chi connectivity index (χ0v) is 13.4. The van der Waals surface area contributed by atoms with Crippen LogP contribution in [0.25, 0.3) is 0 Å². The van der Waals surface area contributed by atoms with Crippen LogP contribution in [0.3, 0.4) is 0 Å². The Morgan fingerprint density at radius 1 is 0.905 bits per heavy atom. The molecule has 0 amide bonds. The quantitative estimate of drug-likeness (QED) is 0.710. The molecule has 0 aliphatic heterocycles. The molecule has 1 aromatic heterocycles. The number of hydrogen-bond donors (Lipinski definition) is 0. The molecule has 4 heteroatoms. The van der Waals surface area contributed by atoms with Gasteiger partial charge in [0.1, 0.15) is 6.04 Å². The third-order valence-electron chi connectivity index (χ3n) is 3.45. The van der Waals surface area contributed by atoms with Crippen molar-refractivity contribution < 1.29 is 0 Å². The molecule has 0 unspecified atom stereocenters. The zero-order valence-electron chi connectivity index (χ0n) is 11.8. The standard InChI is InChI=1S/C17H16BrN3/c1-2-15-17(18)20-21(19-15)16(13-9-5-3-6-10-13)14-11-7-4-8-12-14/h3-12,16H,2H2,1H3. The normalized spacial score (nSPS) is 11.0. The van der Waals surface area contributed by atoms with E-state index in [0.717, 1.165) is 16.7 Å². The molecular weight excluding hydrogens is 326 g/mol. The summed E-state index contributed by atoms with van der Waals surface area (Å²) in [6, 6.07) is 20.7. The Kier molecular flexibility index (Phi) is 4.15. The molecule has 0 aliphatic carbocycles. The SMILES string of the molecule is CCc1nn(C(c2ccccc2)c2ccccc2)nc1Br. The largest absolute Gasteiger partial charge is 0.171 e. The van der Waals surface area contributed by atoms with Gasteiger partial charge in [-0.2, -0.15) is 9.90 Å². The number of rotatable bonds is 4. The summed E-state index contributed by atoms with van der Waals surface area (Å²) in [6.45, 7) is 2.08. The van der Waals surface area contributed by atoms with Crippen LogP contribution in [0.4, 0.5) is 0 Å². The van der Waals surface area contributed by atoms with Crippen LogP contribution in [0, 0.1) is 0 Å². The molecule has 3 aromatic rings. The van der Waals surface area contributed by atoms with Gasteiger partial charge in [0.15, 0.2) is 4.60 Å². The summed E-state index contributed by atoms with van der Waals surface area (Å²) in [6.07, 6.45) is 0.858. The fourth-order valence-electron chi connectivity index (χ4n) is 2.40. The molecule has 3 rings (SSSR count). The van der Waals surface area contributed by atoms with E-state index < -0.39 is 0 Å². The highest BCUT2D eigenvalue weighted by Crippen LogP contribution is 2.26. The summed E-state index contributed by atoms with van der Waals surface area (Å²) in [7, 11) is 0. The molecule has 0 atom stereocenters. The van der Waals surface area contributed by atoms with E-state index in [0.29, 0.717) is 0 Å². The maximum atomic E-state index is 4.64. The van der Waals surface area contributed by atoms with Crippen LogP contribution in [0.5, 0.6) is 0 Å². The van der Waals surface area contributed by atoms with Crippen molar-refractivity contribution in [1.29, 1.82) is 0 Å². The Labute approximate surface area is 132 Å². The molecule has 3 nitrogen and oxygen atoms in total. The molecule has 106 valence electrons. The van der Waals surface area contributed by atoms with E-state index in [-0.39, 0.29) is 6.04 Å². The van der Waals surface area contributed by atoms with Gasteiger partial charge in [-0.25, -0.2) is 0 Å². The van der Waals surface area contributed by atoms with Crippen LogP contribution in [-0.4, -0.2) is 15.0 Å². The molecule has 21 heavy (non-hydrogen) atoms. The van der Waals surface area contributed by atoms with Crippen molar-refractivity contribution in [3.05, 3.63) is 82.1 Å². The average molecular weight is 342 g/mol. The first-order valence-corrected chi connectivity index (χ1v) is 7.80. The van der Waals surface area contributed by atoms with Crippen molar-refractivity contribution in [1.82, 2.24) is 15.0 Å². The molecule has 0 radical (unpaired) electrons. The third-order valence-corrected chi connectivity index (χ3v) is 4.06. The van der Waals surface area contributed by atoms with E-state index in [1.165, 1.54) is 11.1 Å². The maximum absolute atomic E-state index is 4.64. The van der Waals surface area contributed by atoms with Crippen molar-refractivity contribution in [2.75, 3.05) is 0 Å². The summed E-state index contributed by atoms with van der Waals surface area (Å²) in [4.78, 5) is 1.80. The van der Waals surface area contributed by atoms with E-state index in [1.54, 1.807) is 4.80 Å². The van der Waals surface area contributed by atoms with Gasteiger partial charge in [-0.3, -0.25) is 0 Å². The van der Waals surface area contributed by atoms with E-state index >= 15 is 0 Å². The van der Waals surface area contributed by atoms with Crippen LogP contribution < -0.4 is 0 Å². The Morgan fingerprint density at radius 2 is 1.43 bits per heavy atom. The number of benzene rings is 2. The Balaban J connectivity index is 2.12.